The van der Waals surface area contributed by atoms with Crippen LogP contribution < -0.4 is 15.4 Å². The summed E-state index contributed by atoms with van der Waals surface area (Å²) in [6.07, 6.45) is 0.796. The highest BCUT2D eigenvalue weighted by molar-refractivity contribution is 5.94. The number of ether oxygens (including phenoxy) is 1. The van der Waals surface area contributed by atoms with E-state index in [0.717, 1.165) is 35.8 Å². The summed E-state index contributed by atoms with van der Waals surface area (Å²) in [7, 11) is 9.34. The average Bonchev–Trinajstić information content (AvgIpc) is 2.75. The fraction of sp³-hybridized carbons (Fsp3) is 0.417. The van der Waals surface area contributed by atoms with Crippen LogP contribution in [0.2, 0.25) is 0 Å². The molecule has 0 unspecified atom stereocenters. The Morgan fingerprint density at radius 2 is 1.74 bits per heavy atom. The van der Waals surface area contributed by atoms with Gasteiger partial charge in [0, 0.05) is 46.3 Å². The van der Waals surface area contributed by atoms with Crippen molar-refractivity contribution in [2.75, 3.05) is 54.9 Å². The fourth-order valence-corrected chi connectivity index (χ4v) is 2.94. The van der Waals surface area contributed by atoms with Gasteiger partial charge in [0.25, 0.3) is 5.91 Å². The number of nitrogens with one attached hydrogen (secondary N) is 2. The molecule has 0 atom stereocenters. The molecule has 2 N–H and O–H groups in total. The number of hydrogen-bond donors (Lipinski definition) is 2. The number of amides is 1. The summed E-state index contributed by atoms with van der Waals surface area (Å²) >= 11 is 0. The monoisotopic (exact) mass is 425 g/mol. The molecule has 2 rings (SSSR count). The number of guanidine groups is 1. The molecule has 168 valence electrons. The van der Waals surface area contributed by atoms with Crippen molar-refractivity contribution in [3.63, 3.8) is 0 Å². The van der Waals surface area contributed by atoms with E-state index in [2.05, 4.69) is 26.6 Å². The lowest BCUT2D eigenvalue weighted by Crippen LogP contribution is -2.37. The molecular formula is C24H35N5O2. The Morgan fingerprint density at radius 3 is 2.45 bits per heavy atom. The number of rotatable bonds is 10. The minimum absolute atomic E-state index is 0.0141. The maximum Gasteiger partial charge on any atom is 0.253 e. The van der Waals surface area contributed by atoms with E-state index in [4.69, 9.17) is 4.74 Å². The number of carbonyl (C=O) groups is 1. The van der Waals surface area contributed by atoms with Crippen LogP contribution in [0.15, 0.2) is 53.5 Å². The first-order chi connectivity index (χ1) is 14.9. The van der Waals surface area contributed by atoms with Crippen molar-refractivity contribution in [2.24, 2.45) is 4.99 Å². The maximum absolute atomic E-state index is 12.1. The molecule has 7 heteroatoms. The second kappa shape index (κ2) is 12.6. The summed E-state index contributed by atoms with van der Waals surface area (Å²) in [4.78, 5) is 20.1. The van der Waals surface area contributed by atoms with E-state index in [9.17, 15) is 4.79 Å². The van der Waals surface area contributed by atoms with Gasteiger partial charge in [-0.15, -0.1) is 0 Å². The Morgan fingerprint density at radius 1 is 1.00 bits per heavy atom. The first-order valence-electron chi connectivity index (χ1n) is 10.5. The molecule has 0 bridgehead atoms. The molecule has 0 aliphatic rings. The summed E-state index contributed by atoms with van der Waals surface area (Å²) in [6.45, 7) is 2.91. The fourth-order valence-electron chi connectivity index (χ4n) is 2.94. The molecule has 0 saturated carbocycles. The third-order valence-corrected chi connectivity index (χ3v) is 4.68. The highest BCUT2D eigenvalue weighted by Gasteiger charge is 2.08. The highest BCUT2D eigenvalue weighted by atomic mass is 16.5. The van der Waals surface area contributed by atoms with Gasteiger partial charge >= 0.3 is 0 Å². The molecule has 2 aromatic carbocycles. The number of aliphatic imine (C=N–C) groups is 1. The Bertz CT molecular complexity index is 865. The first-order valence-corrected chi connectivity index (χ1v) is 10.5. The molecule has 7 nitrogen and oxygen atoms in total. The predicted molar refractivity (Wildman–Crippen MR) is 127 cm³/mol. The van der Waals surface area contributed by atoms with Crippen LogP contribution in [-0.4, -0.2) is 76.6 Å². The lowest BCUT2D eigenvalue weighted by molar-refractivity contribution is 0.0827. The van der Waals surface area contributed by atoms with E-state index in [-0.39, 0.29) is 5.91 Å². The Hall–Kier alpha value is -3.06. The number of nitrogens with zero attached hydrogens (tertiary/aromatic N) is 3. The van der Waals surface area contributed by atoms with Crippen LogP contribution in [0.1, 0.15) is 21.5 Å². The molecule has 0 radical (unpaired) electrons. The third kappa shape index (κ3) is 8.68. The molecule has 0 fully saturated rings. The highest BCUT2D eigenvalue weighted by Crippen LogP contribution is 2.13. The molecule has 0 aromatic heterocycles. The van der Waals surface area contributed by atoms with Gasteiger partial charge in [0.15, 0.2) is 5.96 Å². The Kier molecular flexibility index (Phi) is 9.84. The van der Waals surface area contributed by atoms with Crippen molar-refractivity contribution >= 4 is 11.9 Å². The van der Waals surface area contributed by atoms with Crippen LogP contribution >= 0.6 is 0 Å². The lowest BCUT2D eigenvalue weighted by atomic mass is 10.1. The van der Waals surface area contributed by atoms with E-state index in [1.807, 2.05) is 56.6 Å². The van der Waals surface area contributed by atoms with Gasteiger partial charge in [-0.25, -0.2) is 0 Å². The van der Waals surface area contributed by atoms with Gasteiger partial charge in [-0.2, -0.15) is 0 Å². The number of hydrogen-bond acceptors (Lipinski definition) is 4. The summed E-state index contributed by atoms with van der Waals surface area (Å²) < 4.78 is 5.80. The molecule has 0 aliphatic heterocycles. The summed E-state index contributed by atoms with van der Waals surface area (Å²) in [5, 5.41) is 6.66. The van der Waals surface area contributed by atoms with Crippen molar-refractivity contribution in [2.45, 2.75) is 13.0 Å². The molecule has 0 spiro atoms. The summed E-state index contributed by atoms with van der Waals surface area (Å²) in [5.41, 5.74) is 2.94. The molecule has 0 heterocycles. The minimum atomic E-state index is 0.0141. The van der Waals surface area contributed by atoms with E-state index >= 15 is 0 Å². The second-order valence-corrected chi connectivity index (χ2v) is 7.80. The van der Waals surface area contributed by atoms with Crippen molar-refractivity contribution < 1.29 is 9.53 Å². The largest absolute Gasteiger partial charge is 0.492 e. The van der Waals surface area contributed by atoms with E-state index < -0.39 is 0 Å². The lowest BCUT2D eigenvalue weighted by Gasteiger charge is -2.14. The van der Waals surface area contributed by atoms with Crippen molar-refractivity contribution in [3.05, 3.63) is 65.2 Å². The number of benzene rings is 2. The van der Waals surface area contributed by atoms with Crippen LogP contribution in [0.5, 0.6) is 5.75 Å². The second-order valence-electron chi connectivity index (χ2n) is 7.80. The third-order valence-electron chi connectivity index (χ3n) is 4.68. The maximum atomic E-state index is 12.1. The SMILES string of the molecule is CN=C(NCCc1cccc(C(=O)N(C)C)c1)NCc1cccc(OCCN(C)C)c1. The van der Waals surface area contributed by atoms with Gasteiger partial charge in [0.05, 0.1) is 0 Å². The van der Waals surface area contributed by atoms with E-state index in [1.165, 1.54) is 0 Å². The van der Waals surface area contributed by atoms with Crippen LogP contribution in [-0.2, 0) is 13.0 Å². The van der Waals surface area contributed by atoms with Crippen LogP contribution in [0.25, 0.3) is 0 Å². The normalized spacial score (nSPS) is 11.4. The molecular weight excluding hydrogens is 390 g/mol. The van der Waals surface area contributed by atoms with Crippen LogP contribution in [0.4, 0.5) is 0 Å². The topological polar surface area (TPSA) is 69.2 Å². The Balaban J connectivity index is 1.81. The zero-order valence-electron chi connectivity index (χ0n) is 19.3. The van der Waals surface area contributed by atoms with Gasteiger partial charge in [-0.05, 0) is 55.9 Å². The van der Waals surface area contributed by atoms with Crippen LogP contribution in [0, 0.1) is 0 Å². The van der Waals surface area contributed by atoms with Crippen molar-refractivity contribution in [1.29, 1.82) is 0 Å². The van der Waals surface area contributed by atoms with E-state index in [1.54, 1.807) is 26.0 Å². The van der Waals surface area contributed by atoms with Gasteiger partial charge in [0.2, 0.25) is 0 Å². The average molecular weight is 426 g/mol. The number of carbonyl (C=O) groups excluding carboxylic acids is 1. The van der Waals surface area contributed by atoms with Crippen LogP contribution in [0.3, 0.4) is 0 Å². The molecule has 0 aliphatic carbocycles. The molecule has 1 amide bonds. The van der Waals surface area contributed by atoms with Crippen molar-refractivity contribution in [1.82, 2.24) is 20.4 Å². The zero-order valence-corrected chi connectivity index (χ0v) is 19.3. The predicted octanol–water partition coefficient (Wildman–Crippen LogP) is 2.24. The number of likely N-dealkylation sites (N-methyl/N-ethyl adjacent to an activating group) is 1. The zero-order chi connectivity index (χ0) is 22.6. The summed E-state index contributed by atoms with van der Waals surface area (Å²) in [6, 6.07) is 15.8. The van der Waals surface area contributed by atoms with E-state index in [0.29, 0.717) is 25.3 Å². The van der Waals surface area contributed by atoms with Gasteiger partial charge in [-0.3, -0.25) is 9.79 Å². The standard InChI is InChI=1S/C24H35N5O2/c1-25-24(26-13-12-19-8-6-10-21(16-19)23(30)29(4)5)27-18-20-9-7-11-22(17-20)31-15-14-28(2)3/h6-11,16-17H,12-15,18H2,1-5H3,(H2,25,26,27). The smallest absolute Gasteiger partial charge is 0.253 e. The van der Waals surface area contributed by atoms with Gasteiger partial charge < -0.3 is 25.2 Å². The van der Waals surface area contributed by atoms with Gasteiger partial charge in [-0.1, -0.05) is 24.3 Å². The summed E-state index contributed by atoms with van der Waals surface area (Å²) in [5.74, 6) is 1.62. The Labute approximate surface area is 186 Å². The van der Waals surface area contributed by atoms with Gasteiger partial charge in [0.1, 0.15) is 12.4 Å². The quantitative estimate of drug-likeness (QED) is 0.451. The minimum Gasteiger partial charge on any atom is -0.492 e. The van der Waals surface area contributed by atoms with Crippen molar-refractivity contribution in [3.8, 4) is 5.75 Å². The molecule has 0 saturated heterocycles. The molecule has 2 aromatic rings. The molecule has 31 heavy (non-hydrogen) atoms. The first kappa shape index (κ1) is 24.2.